The highest BCUT2D eigenvalue weighted by Gasteiger charge is 2.71. The number of aldehydes is 1. The van der Waals surface area contributed by atoms with Crippen LogP contribution in [0.4, 0.5) is 0 Å². The molecule has 0 radical (unpaired) electrons. The quantitative estimate of drug-likeness (QED) is 0.0613. The van der Waals surface area contributed by atoms with Crippen molar-refractivity contribution < 1.29 is 93.8 Å². The first-order chi connectivity index (χ1) is 28.4. The van der Waals surface area contributed by atoms with Crippen molar-refractivity contribution >= 4 is 12.3 Å². The van der Waals surface area contributed by atoms with Crippen molar-refractivity contribution in [1.29, 1.82) is 0 Å². The van der Waals surface area contributed by atoms with E-state index in [9.17, 15) is 60.7 Å². The monoisotopic (exact) mass is 858 g/mol. The molecule has 0 aromatic rings. The van der Waals surface area contributed by atoms with Gasteiger partial charge in [0.1, 0.15) is 67.8 Å². The molecule has 19 heteroatoms. The molecule has 0 aromatic heterocycles. The van der Waals surface area contributed by atoms with E-state index in [1.54, 1.807) is 13.0 Å². The van der Waals surface area contributed by atoms with Gasteiger partial charge in [-0.1, -0.05) is 6.92 Å². The molecule has 4 saturated carbocycles. The van der Waals surface area contributed by atoms with Gasteiger partial charge in [0, 0.05) is 24.3 Å². The molecule has 19 nitrogen and oxygen atoms in total. The number of carbonyl (C=O) groups excluding carboxylic acids is 2. The number of fused-ring (bicyclic) bond motifs is 5. The number of hydrogen-bond acceptors (Lipinski definition) is 19. The molecule has 4 aliphatic heterocycles. The Bertz CT molecular complexity index is 1600. The molecule has 4 aliphatic carbocycles. The second kappa shape index (κ2) is 16.7. The highest BCUT2D eigenvalue weighted by molar-refractivity contribution is 5.85. The Kier molecular flexibility index (Phi) is 12.4. The average Bonchev–Trinajstić information content (AvgIpc) is 3.77. The third kappa shape index (κ3) is 7.12. The second-order valence-electron chi connectivity index (χ2n) is 18.9. The molecule has 0 bridgehead atoms. The highest BCUT2D eigenvalue weighted by Crippen LogP contribution is 2.70. The minimum Gasteiger partial charge on any atom is -0.458 e. The molecule has 0 spiro atoms. The molecule has 0 aromatic carbocycles. The summed E-state index contributed by atoms with van der Waals surface area (Å²) >= 11 is 0. The van der Waals surface area contributed by atoms with Crippen LogP contribution in [0, 0.1) is 28.6 Å². The zero-order chi connectivity index (χ0) is 43.1. The fraction of sp³-hybridized carbons (Fsp3) is 0.902. The number of cyclic esters (lactones) is 1. The van der Waals surface area contributed by atoms with E-state index >= 15 is 0 Å². The molecule has 8 aliphatic rings. The summed E-state index contributed by atoms with van der Waals surface area (Å²) in [6.07, 6.45) is -14.4. The molecular weight excluding hydrogens is 796 g/mol. The molecule has 3 saturated heterocycles. The lowest BCUT2D eigenvalue weighted by molar-refractivity contribution is -0.373. The molecule has 7 fully saturated rings. The van der Waals surface area contributed by atoms with Gasteiger partial charge in [-0.3, -0.25) is 0 Å². The molecule has 0 amide bonds. The van der Waals surface area contributed by atoms with E-state index < -0.39 is 127 Å². The van der Waals surface area contributed by atoms with Gasteiger partial charge in [-0.05, 0) is 81.6 Å². The largest absolute Gasteiger partial charge is 0.458 e. The normalized spacial score (nSPS) is 54.3. The molecule has 22 unspecified atom stereocenters. The Morgan fingerprint density at radius 2 is 1.43 bits per heavy atom. The van der Waals surface area contributed by atoms with Crippen molar-refractivity contribution in [3.05, 3.63) is 11.6 Å². The summed E-state index contributed by atoms with van der Waals surface area (Å²) in [6, 6.07) is 0. The first kappa shape index (κ1) is 44.8. The van der Waals surface area contributed by atoms with E-state index in [1.165, 1.54) is 0 Å². The summed E-state index contributed by atoms with van der Waals surface area (Å²) in [5, 5.41) is 109. The van der Waals surface area contributed by atoms with Gasteiger partial charge >= 0.3 is 5.97 Å². The van der Waals surface area contributed by atoms with Crippen LogP contribution in [0.25, 0.3) is 0 Å². The van der Waals surface area contributed by atoms with Gasteiger partial charge in [-0.15, -0.1) is 0 Å². The Balaban J connectivity index is 0.876. The van der Waals surface area contributed by atoms with Crippen molar-refractivity contribution in [2.75, 3.05) is 19.8 Å². The van der Waals surface area contributed by atoms with Gasteiger partial charge in [0.2, 0.25) is 0 Å². The SMILES string of the molecule is CC1OC(OC2CCC3(C=O)C4CCC5(C)C(C6=CC(=O)OC6)CCC5(O)C4CCC3(O)C2)CC(O)C1OC1OC(CO)C(OC2OC(CO)C(O)C(O)C2O)C(O)C1O. The summed E-state index contributed by atoms with van der Waals surface area (Å²) in [5.41, 5.74) is -3.15. The molecule has 60 heavy (non-hydrogen) atoms. The van der Waals surface area contributed by atoms with E-state index in [0.717, 1.165) is 11.9 Å². The first-order valence-corrected chi connectivity index (χ1v) is 21.5. The molecule has 8 rings (SSSR count). The van der Waals surface area contributed by atoms with Gasteiger partial charge in [0.15, 0.2) is 18.9 Å². The van der Waals surface area contributed by atoms with E-state index in [1.807, 2.05) is 0 Å². The van der Waals surface area contributed by atoms with E-state index in [0.29, 0.717) is 51.4 Å². The first-order valence-electron chi connectivity index (χ1n) is 21.5. The van der Waals surface area contributed by atoms with Crippen molar-refractivity contribution in [1.82, 2.24) is 0 Å². The van der Waals surface area contributed by atoms with Crippen LogP contribution in [-0.2, 0) is 42.7 Å². The molecule has 340 valence electrons. The summed E-state index contributed by atoms with van der Waals surface area (Å²) in [4.78, 5) is 25.2. The molecule has 10 N–H and O–H groups in total. The predicted molar refractivity (Wildman–Crippen MR) is 199 cm³/mol. The van der Waals surface area contributed by atoms with Crippen molar-refractivity contribution in [2.45, 2.75) is 181 Å². The van der Waals surface area contributed by atoms with Crippen LogP contribution in [0.1, 0.15) is 78.1 Å². The number of rotatable bonds is 10. The van der Waals surface area contributed by atoms with E-state index in [2.05, 4.69) is 6.92 Å². The Hall–Kier alpha value is -1.76. The number of hydrogen-bond donors (Lipinski definition) is 10. The minimum atomic E-state index is -1.82. The number of aliphatic hydroxyl groups is 10. The maximum atomic E-state index is 13.3. The Labute approximate surface area is 347 Å². The van der Waals surface area contributed by atoms with Crippen LogP contribution >= 0.6 is 0 Å². The predicted octanol–water partition coefficient (Wildman–Crippen LogP) is -2.57. The van der Waals surface area contributed by atoms with Gasteiger partial charge in [-0.25, -0.2) is 4.79 Å². The molecule has 4 heterocycles. The molecule has 22 atom stereocenters. The minimum absolute atomic E-state index is 0.00494. The molecular formula is C41H62O19. The van der Waals surface area contributed by atoms with Crippen molar-refractivity contribution in [2.24, 2.45) is 28.6 Å². The second-order valence-corrected chi connectivity index (χ2v) is 18.9. The van der Waals surface area contributed by atoms with E-state index in [4.69, 9.17) is 33.2 Å². The zero-order valence-electron chi connectivity index (χ0n) is 33.9. The number of esters is 1. The average molecular weight is 859 g/mol. The van der Waals surface area contributed by atoms with Gasteiger partial charge in [0.05, 0.1) is 48.1 Å². The topological polar surface area (TPSA) is 301 Å². The number of carbonyl (C=O) groups is 2. The van der Waals surface area contributed by atoms with Crippen LogP contribution in [0.3, 0.4) is 0 Å². The third-order valence-corrected chi connectivity index (χ3v) is 16.1. The number of ether oxygens (including phenoxy) is 7. The van der Waals surface area contributed by atoms with Gasteiger partial charge in [-0.2, -0.15) is 0 Å². The fourth-order valence-electron chi connectivity index (χ4n) is 12.8. The highest BCUT2D eigenvalue weighted by atomic mass is 16.8. The van der Waals surface area contributed by atoms with Crippen LogP contribution in [0.15, 0.2) is 11.6 Å². The number of aliphatic hydroxyl groups excluding tert-OH is 8. The van der Waals surface area contributed by atoms with Gasteiger partial charge in [0.25, 0.3) is 0 Å². The van der Waals surface area contributed by atoms with Crippen molar-refractivity contribution in [3.8, 4) is 0 Å². The standard InChI is InChI=1S/C41H62O19/c1-18-34(59-37-33(51)31(49)35(26(15-43)58-37)60-36-32(50)30(48)29(47)25(14-42)57-36)24(45)12-28(55-18)56-20-3-8-39(17-44)22-4-7-38(2)21(19-11-27(46)54-16-19)6-10-41(38,53)23(22)5-9-40(39,52)13-20/h11,17-18,20-26,28-37,42-43,45,47-53H,3-10,12-16H2,1-2H3. The zero-order valence-corrected chi connectivity index (χ0v) is 33.9. The lowest BCUT2D eigenvalue weighted by Gasteiger charge is -2.65. The lowest BCUT2D eigenvalue weighted by Crippen LogP contribution is -2.69. The van der Waals surface area contributed by atoms with Crippen LogP contribution in [0.5, 0.6) is 0 Å². The third-order valence-electron chi connectivity index (χ3n) is 16.1. The van der Waals surface area contributed by atoms with Crippen LogP contribution in [-0.4, -0.2) is 186 Å². The van der Waals surface area contributed by atoms with Gasteiger partial charge < -0.3 is 89.0 Å². The van der Waals surface area contributed by atoms with Crippen molar-refractivity contribution in [3.63, 3.8) is 0 Å². The Morgan fingerprint density at radius 3 is 2.08 bits per heavy atom. The summed E-state index contributed by atoms with van der Waals surface area (Å²) < 4.78 is 40.4. The smallest absolute Gasteiger partial charge is 0.331 e. The summed E-state index contributed by atoms with van der Waals surface area (Å²) in [7, 11) is 0. The maximum Gasteiger partial charge on any atom is 0.331 e. The Morgan fingerprint density at radius 1 is 0.767 bits per heavy atom. The fourth-order valence-corrected chi connectivity index (χ4v) is 12.8. The van der Waals surface area contributed by atoms with Crippen LogP contribution in [0.2, 0.25) is 0 Å². The van der Waals surface area contributed by atoms with E-state index in [-0.39, 0.29) is 43.2 Å². The summed E-state index contributed by atoms with van der Waals surface area (Å²) in [6.45, 7) is 2.45. The van der Waals surface area contributed by atoms with Crippen LogP contribution < -0.4 is 0 Å². The maximum absolute atomic E-state index is 13.3. The summed E-state index contributed by atoms with van der Waals surface area (Å²) in [5.74, 6) is -0.820. The lowest BCUT2D eigenvalue weighted by atomic mass is 9.41.